The molecule has 1 N–H and O–H groups in total. The first kappa shape index (κ1) is 44.2. The summed E-state index contributed by atoms with van der Waals surface area (Å²) in [5.41, 5.74) is -0.660. The first-order valence-electron chi connectivity index (χ1n) is 20.1. The predicted molar refractivity (Wildman–Crippen MR) is 210 cm³/mol. The van der Waals surface area contributed by atoms with E-state index in [1.54, 1.807) is 30.3 Å². The molecule has 53 heavy (non-hydrogen) atoms. The molecule has 0 aliphatic carbocycles. The Hall–Kier alpha value is -3.15. The van der Waals surface area contributed by atoms with Crippen molar-refractivity contribution in [2.75, 3.05) is 13.2 Å². The summed E-state index contributed by atoms with van der Waals surface area (Å²) in [5.74, 6) is 1.99. The molecule has 2 aromatic rings. The van der Waals surface area contributed by atoms with Gasteiger partial charge in [-0.05, 0) is 43.4 Å². The number of benzene rings is 2. The van der Waals surface area contributed by atoms with Crippen molar-refractivity contribution in [3.05, 3.63) is 66.2 Å². The van der Waals surface area contributed by atoms with Crippen LogP contribution in [0.4, 0.5) is 0 Å². The molecule has 0 amide bonds. The van der Waals surface area contributed by atoms with Crippen molar-refractivity contribution < 1.29 is 37.4 Å². The van der Waals surface area contributed by atoms with Crippen LogP contribution >= 0.6 is 7.75 Å². The normalized spacial score (nSPS) is 18.6. The molecule has 294 valence electrons. The van der Waals surface area contributed by atoms with Gasteiger partial charge in [-0.15, -0.1) is 6.42 Å². The van der Waals surface area contributed by atoms with Gasteiger partial charge in [0.25, 0.3) is 0 Å². The fourth-order valence-electron chi connectivity index (χ4n) is 6.56. The van der Waals surface area contributed by atoms with Gasteiger partial charge in [-0.25, -0.2) is 4.57 Å². The average Bonchev–Trinajstić information content (AvgIpc) is 3.56. The molecule has 1 saturated heterocycles. The number of hydrogen-bond donors (Lipinski definition) is 1. The Morgan fingerprint density at radius 2 is 1.45 bits per heavy atom. The number of nitrogens with one attached hydrogen (secondary N) is 1. The van der Waals surface area contributed by atoms with Crippen LogP contribution in [0.3, 0.4) is 0 Å². The van der Waals surface area contributed by atoms with Crippen LogP contribution in [0.15, 0.2) is 60.7 Å². The van der Waals surface area contributed by atoms with Gasteiger partial charge in [0.1, 0.15) is 30.6 Å². The summed E-state index contributed by atoms with van der Waals surface area (Å²) in [7, 11) is -4.34. The number of ether oxygens (including phenoxy) is 3. The first-order valence-corrected chi connectivity index (χ1v) is 21.6. The minimum atomic E-state index is -4.34. The lowest BCUT2D eigenvalue weighted by Gasteiger charge is -2.31. The molecule has 9 nitrogen and oxygen atoms in total. The summed E-state index contributed by atoms with van der Waals surface area (Å²) < 4.78 is 44.6. The highest BCUT2D eigenvalue weighted by molar-refractivity contribution is 7.52. The number of para-hydroxylation sites is 1. The number of unbranched alkanes of at least 4 members (excludes halogenated alkanes) is 10. The molecular formula is C43H64NO8P. The quantitative estimate of drug-likeness (QED) is 0.0393. The van der Waals surface area contributed by atoms with E-state index in [1.807, 2.05) is 44.2 Å². The molecule has 3 rings (SSSR count). The van der Waals surface area contributed by atoms with Crippen LogP contribution in [0.25, 0.3) is 0 Å². The van der Waals surface area contributed by atoms with Crippen LogP contribution in [-0.4, -0.2) is 49.0 Å². The minimum Gasteiger partial charge on any atom is -0.461 e. The van der Waals surface area contributed by atoms with E-state index in [0.717, 1.165) is 37.7 Å². The Balaban J connectivity index is 1.67. The number of carbonyl (C=O) groups is 2. The summed E-state index contributed by atoms with van der Waals surface area (Å²) in [6.07, 6.45) is 22.0. The van der Waals surface area contributed by atoms with E-state index in [-0.39, 0.29) is 37.3 Å². The van der Waals surface area contributed by atoms with Crippen molar-refractivity contribution in [3.8, 4) is 18.1 Å². The maximum absolute atomic E-state index is 14.7. The van der Waals surface area contributed by atoms with E-state index >= 15 is 0 Å². The fraction of sp³-hybridized carbons (Fsp3) is 0.628. The molecule has 1 heterocycles. The average molecular weight is 754 g/mol. The molecule has 2 aromatic carbocycles. The van der Waals surface area contributed by atoms with Crippen LogP contribution in [0.1, 0.15) is 135 Å². The SMILES string of the molecule is C#CC1(CO[P@@](=O)(N[C@@H](Cc2ccccc2)C(=O)OC(CCC)CCC)Oc2ccccc2)OCCC1OC(=O)CCCCCCCCCCCCC. The number of hydrogen-bond acceptors (Lipinski definition) is 8. The van der Waals surface area contributed by atoms with Crippen molar-refractivity contribution in [2.24, 2.45) is 0 Å². The van der Waals surface area contributed by atoms with E-state index in [0.29, 0.717) is 19.3 Å². The van der Waals surface area contributed by atoms with Crippen molar-refractivity contribution >= 4 is 19.7 Å². The predicted octanol–water partition coefficient (Wildman–Crippen LogP) is 10.3. The molecule has 1 aliphatic heterocycles. The fourth-order valence-corrected chi connectivity index (χ4v) is 8.08. The third kappa shape index (κ3) is 16.4. The van der Waals surface area contributed by atoms with Gasteiger partial charge in [0.15, 0.2) is 5.60 Å². The second kappa shape index (κ2) is 25.0. The van der Waals surface area contributed by atoms with Crippen LogP contribution in [0.5, 0.6) is 5.75 Å². The van der Waals surface area contributed by atoms with E-state index in [4.69, 9.17) is 29.7 Å². The van der Waals surface area contributed by atoms with Crippen LogP contribution in [-0.2, 0) is 39.3 Å². The van der Waals surface area contributed by atoms with Crippen LogP contribution < -0.4 is 9.61 Å². The number of rotatable bonds is 28. The van der Waals surface area contributed by atoms with Crippen molar-refractivity contribution in [1.29, 1.82) is 0 Å². The first-order chi connectivity index (χ1) is 25.8. The summed E-state index contributed by atoms with van der Waals surface area (Å²) in [4.78, 5) is 26.7. The highest BCUT2D eigenvalue weighted by Crippen LogP contribution is 2.47. The molecule has 1 fully saturated rings. The Kier molecular flexibility index (Phi) is 20.9. The second-order valence-corrected chi connectivity index (χ2v) is 15.8. The Morgan fingerprint density at radius 1 is 0.868 bits per heavy atom. The van der Waals surface area contributed by atoms with Crippen LogP contribution in [0, 0.1) is 12.3 Å². The summed E-state index contributed by atoms with van der Waals surface area (Å²) in [6.45, 7) is 6.16. The largest absolute Gasteiger partial charge is 0.461 e. The third-order valence-electron chi connectivity index (χ3n) is 9.57. The van der Waals surface area contributed by atoms with Crippen molar-refractivity contribution in [2.45, 2.75) is 160 Å². The maximum atomic E-state index is 14.7. The van der Waals surface area contributed by atoms with Gasteiger partial charge in [-0.3, -0.25) is 14.1 Å². The molecule has 2 unspecified atom stereocenters. The smallest absolute Gasteiger partial charge is 0.459 e. The molecule has 0 aromatic heterocycles. The van der Waals surface area contributed by atoms with Crippen molar-refractivity contribution in [3.63, 3.8) is 0 Å². The zero-order chi connectivity index (χ0) is 38.2. The molecule has 0 saturated carbocycles. The lowest BCUT2D eigenvalue weighted by atomic mass is 9.99. The highest BCUT2D eigenvalue weighted by Gasteiger charge is 2.49. The summed E-state index contributed by atoms with van der Waals surface area (Å²) in [6, 6.07) is 16.9. The van der Waals surface area contributed by atoms with Gasteiger partial charge in [0.05, 0.1) is 6.61 Å². The van der Waals surface area contributed by atoms with Gasteiger partial charge in [-0.2, -0.15) is 5.09 Å². The zero-order valence-corrected chi connectivity index (χ0v) is 33.3. The zero-order valence-electron chi connectivity index (χ0n) is 32.4. The molecule has 1 aliphatic rings. The van der Waals surface area contributed by atoms with E-state index in [9.17, 15) is 14.2 Å². The minimum absolute atomic E-state index is 0.173. The highest BCUT2D eigenvalue weighted by atomic mass is 31.2. The van der Waals surface area contributed by atoms with Gasteiger partial charge in [-0.1, -0.05) is 152 Å². The number of terminal acetylenes is 1. The lowest BCUT2D eigenvalue weighted by Crippen LogP contribution is -2.46. The molecule has 0 radical (unpaired) electrons. The topological polar surface area (TPSA) is 109 Å². The molecule has 0 spiro atoms. The molecule has 0 bridgehead atoms. The van der Waals surface area contributed by atoms with Crippen molar-refractivity contribution in [1.82, 2.24) is 5.09 Å². The van der Waals surface area contributed by atoms with Gasteiger partial charge in [0, 0.05) is 12.8 Å². The van der Waals surface area contributed by atoms with E-state index in [1.165, 1.54) is 51.4 Å². The van der Waals surface area contributed by atoms with Gasteiger partial charge < -0.3 is 18.7 Å². The second-order valence-electron chi connectivity index (χ2n) is 14.1. The van der Waals surface area contributed by atoms with Crippen LogP contribution in [0.2, 0.25) is 0 Å². The molecular weight excluding hydrogens is 689 g/mol. The monoisotopic (exact) mass is 753 g/mol. The van der Waals surface area contributed by atoms with E-state index < -0.39 is 38.1 Å². The Bertz CT molecular complexity index is 1390. The Morgan fingerprint density at radius 3 is 2.04 bits per heavy atom. The molecule has 4 atom stereocenters. The summed E-state index contributed by atoms with van der Waals surface area (Å²) >= 11 is 0. The molecule has 10 heteroatoms. The standard InChI is InChI=1S/C43H64NO8P/c1-5-9-10-11-12-13-14-15-16-17-24-31-41(45)51-40-32-33-48-43(40,8-4)35-49-53(47,52-38-29-22-19-23-30-38)44-39(34-36-27-20-18-21-28-36)42(46)50-37(25-6-2)26-7-3/h4,18-23,27-30,37,39-40H,5-7,9-17,24-26,31-35H2,1-3H3,(H,44,47)/t39-,40?,43?,53-/m0/s1. The van der Waals surface area contributed by atoms with E-state index in [2.05, 4.69) is 17.9 Å². The third-order valence-corrected chi connectivity index (χ3v) is 11.1. The number of esters is 2. The van der Waals surface area contributed by atoms with Gasteiger partial charge in [0.2, 0.25) is 0 Å². The maximum Gasteiger partial charge on any atom is 0.459 e. The van der Waals surface area contributed by atoms with Gasteiger partial charge >= 0.3 is 19.7 Å². The Labute approximate surface area is 319 Å². The lowest BCUT2D eigenvalue weighted by molar-refractivity contribution is -0.157. The summed E-state index contributed by atoms with van der Waals surface area (Å²) in [5, 5.41) is 2.91. The number of carbonyl (C=O) groups excluding carboxylic acids is 2.